The van der Waals surface area contributed by atoms with Gasteiger partial charge in [-0.25, -0.2) is 0 Å². The summed E-state index contributed by atoms with van der Waals surface area (Å²) in [6, 6.07) is 3.20. The number of β-amino-alcohol motifs (C(OH)–C–C–N with tert-alkyl or cyclic N) is 1. The van der Waals surface area contributed by atoms with Gasteiger partial charge in [0.05, 0.1) is 30.6 Å². The number of aliphatic hydroxyl groups excluding tert-OH is 2. The molecule has 2 heterocycles. The molecule has 22 heavy (non-hydrogen) atoms. The van der Waals surface area contributed by atoms with Gasteiger partial charge in [-0.1, -0.05) is 6.92 Å². The Hall–Kier alpha value is -1.99. The molecule has 2 aliphatic heterocycles. The molecule has 0 saturated heterocycles. The summed E-state index contributed by atoms with van der Waals surface area (Å²) in [5.41, 5.74) is 1.40. The molecule has 0 bridgehead atoms. The van der Waals surface area contributed by atoms with Gasteiger partial charge in [-0.2, -0.15) is 0 Å². The maximum atomic E-state index is 12.5. The van der Waals surface area contributed by atoms with Crippen LogP contribution < -0.4 is 19.7 Å². The molecular formula is C15H20N2O5. The molecule has 0 radical (unpaired) electrons. The van der Waals surface area contributed by atoms with Gasteiger partial charge in [0.25, 0.3) is 0 Å². The minimum atomic E-state index is -0.986. The lowest BCUT2D eigenvalue weighted by Crippen LogP contribution is -2.50. The van der Waals surface area contributed by atoms with Crippen LogP contribution in [-0.2, 0) is 4.79 Å². The summed E-state index contributed by atoms with van der Waals surface area (Å²) in [7, 11) is 0. The molecule has 0 saturated carbocycles. The number of amides is 1. The second-order valence-corrected chi connectivity index (χ2v) is 5.40. The average molecular weight is 308 g/mol. The highest BCUT2D eigenvalue weighted by Gasteiger charge is 2.34. The number of hydrogen-bond acceptors (Lipinski definition) is 6. The molecule has 1 amide bonds. The molecule has 7 nitrogen and oxygen atoms in total. The molecule has 1 aromatic carbocycles. The third-order valence-electron chi connectivity index (χ3n) is 3.86. The van der Waals surface area contributed by atoms with Gasteiger partial charge in [0, 0.05) is 12.1 Å². The molecule has 2 unspecified atom stereocenters. The minimum absolute atomic E-state index is 0.0418. The van der Waals surface area contributed by atoms with Crippen LogP contribution in [0.25, 0.3) is 0 Å². The Labute approximate surface area is 128 Å². The highest BCUT2D eigenvalue weighted by atomic mass is 16.6. The Bertz CT molecular complexity index is 577. The standard InChI is InChI=1S/C15H20N2O5/c1-2-10-15(20)17(7-9(19)8-18)12-6-14-13(5-11(12)16-10)21-3-4-22-14/h5-6,9-10,16,18-19H,2-4,7-8H2,1H3. The van der Waals surface area contributed by atoms with Gasteiger partial charge in [-0.3, -0.25) is 4.79 Å². The van der Waals surface area contributed by atoms with Gasteiger partial charge in [0.2, 0.25) is 5.91 Å². The second-order valence-electron chi connectivity index (χ2n) is 5.40. The summed E-state index contributed by atoms with van der Waals surface area (Å²) >= 11 is 0. The molecule has 3 rings (SSSR count). The van der Waals surface area contributed by atoms with E-state index < -0.39 is 12.7 Å². The Morgan fingerprint density at radius 3 is 2.68 bits per heavy atom. The van der Waals surface area contributed by atoms with Crippen LogP contribution in [0, 0.1) is 0 Å². The lowest BCUT2D eigenvalue weighted by Gasteiger charge is -2.36. The van der Waals surface area contributed by atoms with Crippen LogP contribution in [0.2, 0.25) is 0 Å². The van der Waals surface area contributed by atoms with Gasteiger partial charge >= 0.3 is 0 Å². The lowest BCUT2D eigenvalue weighted by atomic mass is 10.1. The predicted octanol–water partition coefficient (Wildman–Crippen LogP) is 0.348. The van der Waals surface area contributed by atoms with Crippen molar-refractivity contribution in [1.29, 1.82) is 0 Å². The zero-order chi connectivity index (χ0) is 15.7. The number of fused-ring (bicyclic) bond motifs is 2. The van der Waals surface area contributed by atoms with Crippen molar-refractivity contribution in [3.63, 3.8) is 0 Å². The Balaban J connectivity index is 2.01. The summed E-state index contributed by atoms with van der Waals surface area (Å²) in [6.45, 7) is 2.52. The van der Waals surface area contributed by atoms with Crippen molar-refractivity contribution in [3.8, 4) is 11.5 Å². The fourth-order valence-corrected chi connectivity index (χ4v) is 2.71. The van der Waals surface area contributed by atoms with Crippen LogP contribution in [0.3, 0.4) is 0 Å². The first-order valence-electron chi connectivity index (χ1n) is 7.44. The molecule has 3 N–H and O–H groups in total. The summed E-state index contributed by atoms with van der Waals surface area (Å²) in [5, 5.41) is 22.0. The van der Waals surface area contributed by atoms with Crippen molar-refractivity contribution in [2.24, 2.45) is 0 Å². The highest BCUT2D eigenvalue weighted by Crippen LogP contribution is 2.42. The molecule has 0 aliphatic carbocycles. The number of nitrogens with zero attached hydrogens (tertiary/aromatic N) is 1. The average Bonchev–Trinajstić information content (AvgIpc) is 2.55. The quantitative estimate of drug-likeness (QED) is 0.743. The van der Waals surface area contributed by atoms with Gasteiger partial charge < -0.3 is 29.9 Å². The number of rotatable bonds is 4. The number of ether oxygens (including phenoxy) is 2. The fraction of sp³-hybridized carbons (Fsp3) is 0.533. The van der Waals surface area contributed by atoms with Crippen molar-refractivity contribution in [2.75, 3.05) is 36.6 Å². The van der Waals surface area contributed by atoms with Crippen molar-refractivity contribution in [1.82, 2.24) is 0 Å². The smallest absolute Gasteiger partial charge is 0.249 e. The second kappa shape index (κ2) is 6.02. The van der Waals surface area contributed by atoms with E-state index in [2.05, 4.69) is 5.32 Å². The Kier molecular flexibility index (Phi) is 4.08. The molecule has 120 valence electrons. The number of anilines is 2. The van der Waals surface area contributed by atoms with Crippen molar-refractivity contribution < 1.29 is 24.5 Å². The van der Waals surface area contributed by atoms with Crippen LogP contribution in [0.1, 0.15) is 13.3 Å². The first-order valence-corrected chi connectivity index (χ1v) is 7.44. The van der Waals surface area contributed by atoms with E-state index in [4.69, 9.17) is 14.6 Å². The number of carbonyl (C=O) groups is 1. The number of benzene rings is 1. The van der Waals surface area contributed by atoms with Crippen LogP contribution in [0.4, 0.5) is 11.4 Å². The first-order chi connectivity index (χ1) is 10.6. The molecule has 0 spiro atoms. The van der Waals surface area contributed by atoms with E-state index in [1.165, 1.54) is 4.90 Å². The normalized spacial score (nSPS) is 21.1. The Morgan fingerprint density at radius 1 is 1.36 bits per heavy atom. The van der Waals surface area contributed by atoms with E-state index in [0.29, 0.717) is 36.8 Å². The molecule has 0 aromatic heterocycles. The van der Waals surface area contributed by atoms with Crippen molar-refractivity contribution in [3.05, 3.63) is 12.1 Å². The molecule has 7 heteroatoms. The van der Waals surface area contributed by atoms with Crippen molar-refractivity contribution >= 4 is 17.3 Å². The molecule has 2 atom stereocenters. The number of nitrogens with one attached hydrogen (secondary N) is 1. The van der Waals surface area contributed by atoms with Crippen molar-refractivity contribution in [2.45, 2.75) is 25.5 Å². The van der Waals surface area contributed by atoms with E-state index in [-0.39, 0.29) is 18.5 Å². The highest BCUT2D eigenvalue weighted by molar-refractivity contribution is 6.05. The molecular weight excluding hydrogens is 288 g/mol. The van der Waals surface area contributed by atoms with Gasteiger partial charge in [-0.15, -0.1) is 0 Å². The van der Waals surface area contributed by atoms with Crippen LogP contribution >= 0.6 is 0 Å². The molecule has 0 fully saturated rings. The Morgan fingerprint density at radius 2 is 2.05 bits per heavy atom. The predicted molar refractivity (Wildman–Crippen MR) is 80.6 cm³/mol. The summed E-state index contributed by atoms with van der Waals surface area (Å²) in [4.78, 5) is 14.0. The fourth-order valence-electron chi connectivity index (χ4n) is 2.71. The van der Waals surface area contributed by atoms with E-state index in [0.717, 1.165) is 5.69 Å². The lowest BCUT2D eigenvalue weighted by molar-refractivity contribution is -0.120. The summed E-state index contributed by atoms with van der Waals surface area (Å²) < 4.78 is 11.1. The summed E-state index contributed by atoms with van der Waals surface area (Å²) in [6.07, 6.45) is -0.362. The number of aliphatic hydroxyl groups is 2. The minimum Gasteiger partial charge on any atom is -0.486 e. The van der Waals surface area contributed by atoms with Gasteiger partial charge in [0.15, 0.2) is 11.5 Å². The molecule has 2 aliphatic rings. The van der Waals surface area contributed by atoms with Crippen LogP contribution in [-0.4, -0.2) is 54.6 Å². The first kappa shape index (κ1) is 14.9. The third kappa shape index (κ3) is 2.57. The largest absolute Gasteiger partial charge is 0.486 e. The van der Waals surface area contributed by atoms with Crippen LogP contribution in [0.15, 0.2) is 12.1 Å². The zero-order valence-corrected chi connectivity index (χ0v) is 12.4. The number of carbonyl (C=O) groups excluding carboxylic acids is 1. The van der Waals surface area contributed by atoms with Crippen LogP contribution in [0.5, 0.6) is 11.5 Å². The number of hydrogen-bond donors (Lipinski definition) is 3. The zero-order valence-electron chi connectivity index (χ0n) is 12.4. The van der Waals surface area contributed by atoms with E-state index in [1.54, 1.807) is 6.07 Å². The third-order valence-corrected chi connectivity index (χ3v) is 3.86. The maximum absolute atomic E-state index is 12.5. The van der Waals surface area contributed by atoms with E-state index in [9.17, 15) is 9.90 Å². The monoisotopic (exact) mass is 308 g/mol. The van der Waals surface area contributed by atoms with E-state index in [1.807, 2.05) is 13.0 Å². The maximum Gasteiger partial charge on any atom is 0.249 e. The summed E-state index contributed by atoms with van der Waals surface area (Å²) in [5.74, 6) is 1.10. The molecule has 1 aromatic rings. The van der Waals surface area contributed by atoms with Gasteiger partial charge in [-0.05, 0) is 6.42 Å². The van der Waals surface area contributed by atoms with E-state index >= 15 is 0 Å². The SMILES string of the molecule is CCC1Nc2cc3c(cc2N(CC(O)CO)C1=O)OCCO3. The topological polar surface area (TPSA) is 91.3 Å². The van der Waals surface area contributed by atoms with Gasteiger partial charge in [0.1, 0.15) is 19.3 Å².